The van der Waals surface area contributed by atoms with Crippen molar-refractivity contribution in [3.63, 3.8) is 0 Å². The maximum atomic E-state index is 14.0. The van der Waals surface area contributed by atoms with Crippen molar-refractivity contribution >= 4 is 23.4 Å². The number of nitrogens with zero attached hydrogens (tertiary/aromatic N) is 5. The maximum absolute atomic E-state index is 14.0. The van der Waals surface area contributed by atoms with Crippen LogP contribution < -0.4 is 9.64 Å². The number of piperazine rings is 1. The molecule has 1 saturated heterocycles. The van der Waals surface area contributed by atoms with E-state index in [-0.39, 0.29) is 17.7 Å². The van der Waals surface area contributed by atoms with Crippen molar-refractivity contribution in [2.45, 2.75) is 38.1 Å². The monoisotopic (exact) mass is 483 g/mol. The molecule has 2 aromatic carbocycles. The standard InChI is InChI=1S/C25H30FN5O2S/c1-18(2)31-24(19(3)33-22-12-8-7-11-21(22)26)27-28-25(31)34-17-23(32)30-15-13-29(14-16-30)20-9-5-4-6-10-20/h4-12,18-19H,13-17H2,1-3H3. The summed E-state index contributed by atoms with van der Waals surface area (Å²) < 4.78 is 21.8. The van der Waals surface area contributed by atoms with Crippen LogP contribution in [-0.4, -0.2) is 57.5 Å². The van der Waals surface area contributed by atoms with Gasteiger partial charge >= 0.3 is 0 Å². The van der Waals surface area contributed by atoms with Gasteiger partial charge in [-0.05, 0) is 45.0 Å². The van der Waals surface area contributed by atoms with Gasteiger partial charge in [0.05, 0.1) is 5.75 Å². The molecule has 3 aromatic rings. The largest absolute Gasteiger partial charge is 0.480 e. The molecule has 0 spiro atoms. The minimum Gasteiger partial charge on any atom is -0.480 e. The van der Waals surface area contributed by atoms with Gasteiger partial charge in [-0.25, -0.2) is 4.39 Å². The van der Waals surface area contributed by atoms with Crippen molar-refractivity contribution in [2.24, 2.45) is 0 Å². The maximum Gasteiger partial charge on any atom is 0.233 e. The molecule has 0 N–H and O–H groups in total. The SMILES string of the molecule is CC(Oc1ccccc1F)c1nnc(SCC(=O)N2CCN(c3ccccc3)CC2)n1C(C)C. The van der Waals surface area contributed by atoms with Crippen molar-refractivity contribution < 1.29 is 13.9 Å². The number of ether oxygens (including phenoxy) is 1. The summed E-state index contributed by atoms with van der Waals surface area (Å²) in [4.78, 5) is 17.1. The number of carbonyl (C=O) groups excluding carboxylic acids is 1. The van der Waals surface area contributed by atoms with Gasteiger partial charge in [0, 0.05) is 37.9 Å². The molecule has 1 aliphatic heterocycles. The number of benzene rings is 2. The summed E-state index contributed by atoms with van der Waals surface area (Å²) >= 11 is 1.38. The van der Waals surface area contributed by atoms with Crippen LogP contribution in [0.3, 0.4) is 0 Å². The highest BCUT2D eigenvalue weighted by Gasteiger charge is 2.25. The summed E-state index contributed by atoms with van der Waals surface area (Å²) in [7, 11) is 0. The number of para-hydroxylation sites is 2. The second-order valence-corrected chi connectivity index (χ2v) is 9.43. The number of carbonyl (C=O) groups is 1. The van der Waals surface area contributed by atoms with E-state index in [0.717, 1.165) is 13.1 Å². The zero-order valence-corrected chi connectivity index (χ0v) is 20.5. The molecule has 1 atom stereocenters. The lowest BCUT2D eigenvalue weighted by molar-refractivity contribution is -0.128. The Hall–Kier alpha value is -3.07. The number of thioether (sulfide) groups is 1. The summed E-state index contributed by atoms with van der Waals surface area (Å²) in [5, 5.41) is 9.28. The van der Waals surface area contributed by atoms with E-state index >= 15 is 0 Å². The molecule has 1 unspecified atom stereocenters. The summed E-state index contributed by atoms with van der Waals surface area (Å²) in [6, 6.07) is 16.6. The van der Waals surface area contributed by atoms with Crippen molar-refractivity contribution in [1.29, 1.82) is 0 Å². The van der Waals surface area contributed by atoms with Crippen molar-refractivity contribution in [3.8, 4) is 5.75 Å². The molecule has 0 radical (unpaired) electrons. The highest BCUT2D eigenvalue weighted by Crippen LogP contribution is 2.29. The van der Waals surface area contributed by atoms with Crippen LogP contribution >= 0.6 is 11.8 Å². The van der Waals surface area contributed by atoms with Crippen LogP contribution in [0.1, 0.15) is 38.7 Å². The number of amides is 1. The first-order chi connectivity index (χ1) is 16.4. The molecule has 1 fully saturated rings. The topological polar surface area (TPSA) is 63.5 Å². The first-order valence-corrected chi connectivity index (χ1v) is 12.5. The van der Waals surface area contributed by atoms with E-state index in [1.54, 1.807) is 18.2 Å². The fourth-order valence-corrected chi connectivity index (χ4v) is 4.98. The van der Waals surface area contributed by atoms with E-state index in [0.29, 0.717) is 29.8 Å². The number of anilines is 1. The van der Waals surface area contributed by atoms with Crippen LogP contribution in [-0.2, 0) is 4.79 Å². The van der Waals surface area contributed by atoms with Crippen LogP contribution in [0.2, 0.25) is 0 Å². The van der Waals surface area contributed by atoms with Gasteiger partial charge in [0.2, 0.25) is 5.91 Å². The molecule has 0 aliphatic carbocycles. The van der Waals surface area contributed by atoms with Gasteiger partial charge in [0.1, 0.15) is 0 Å². The van der Waals surface area contributed by atoms with E-state index in [1.807, 2.05) is 48.4 Å². The molecule has 0 bridgehead atoms. The van der Waals surface area contributed by atoms with Crippen molar-refractivity contribution in [1.82, 2.24) is 19.7 Å². The van der Waals surface area contributed by atoms with Gasteiger partial charge in [-0.2, -0.15) is 0 Å². The van der Waals surface area contributed by atoms with Crippen LogP contribution in [0.25, 0.3) is 0 Å². The zero-order chi connectivity index (χ0) is 24.1. The number of halogens is 1. The summed E-state index contributed by atoms with van der Waals surface area (Å²) in [5.41, 5.74) is 1.19. The molecule has 34 heavy (non-hydrogen) atoms. The lowest BCUT2D eigenvalue weighted by Crippen LogP contribution is -2.49. The highest BCUT2D eigenvalue weighted by atomic mass is 32.2. The first-order valence-electron chi connectivity index (χ1n) is 11.5. The molecule has 180 valence electrons. The number of hydrogen-bond donors (Lipinski definition) is 0. The lowest BCUT2D eigenvalue weighted by Gasteiger charge is -2.36. The summed E-state index contributed by atoms with van der Waals surface area (Å²) in [5.74, 6) is 0.737. The third-order valence-electron chi connectivity index (χ3n) is 5.79. The third kappa shape index (κ3) is 5.52. The minimum atomic E-state index is -0.497. The predicted molar refractivity (Wildman–Crippen MR) is 132 cm³/mol. The Morgan fingerprint density at radius 2 is 1.68 bits per heavy atom. The molecular weight excluding hydrogens is 453 g/mol. The normalized spacial score (nSPS) is 15.0. The molecule has 1 aliphatic rings. The minimum absolute atomic E-state index is 0.0590. The summed E-state index contributed by atoms with van der Waals surface area (Å²) in [6.45, 7) is 8.90. The fourth-order valence-electron chi connectivity index (χ4n) is 4.00. The fraction of sp³-hybridized carbons (Fsp3) is 0.400. The first kappa shape index (κ1) is 24.1. The van der Waals surface area contributed by atoms with E-state index in [2.05, 4.69) is 27.2 Å². The molecule has 7 nitrogen and oxygen atoms in total. The highest BCUT2D eigenvalue weighted by molar-refractivity contribution is 7.99. The molecule has 4 rings (SSSR count). The molecular formula is C25H30FN5O2S. The van der Waals surface area contributed by atoms with E-state index in [9.17, 15) is 9.18 Å². The number of aromatic nitrogens is 3. The van der Waals surface area contributed by atoms with Gasteiger partial charge < -0.3 is 19.1 Å². The van der Waals surface area contributed by atoms with Gasteiger partial charge in [0.15, 0.2) is 28.7 Å². The van der Waals surface area contributed by atoms with Crippen LogP contribution in [0, 0.1) is 5.82 Å². The Kier molecular flexibility index (Phi) is 7.72. The molecule has 1 amide bonds. The van der Waals surface area contributed by atoms with E-state index in [4.69, 9.17) is 4.74 Å². The van der Waals surface area contributed by atoms with E-state index < -0.39 is 11.9 Å². The van der Waals surface area contributed by atoms with Gasteiger partial charge in [0.25, 0.3) is 0 Å². The molecule has 1 aromatic heterocycles. The second kappa shape index (κ2) is 10.9. The zero-order valence-electron chi connectivity index (χ0n) is 19.7. The van der Waals surface area contributed by atoms with Crippen molar-refractivity contribution in [2.75, 3.05) is 36.8 Å². The van der Waals surface area contributed by atoms with Crippen molar-refractivity contribution in [3.05, 3.63) is 66.2 Å². The Bertz CT molecular complexity index is 1100. The lowest BCUT2D eigenvalue weighted by atomic mass is 10.2. The van der Waals surface area contributed by atoms with E-state index in [1.165, 1.54) is 23.5 Å². The Morgan fingerprint density at radius 3 is 2.35 bits per heavy atom. The molecule has 0 saturated carbocycles. The average Bonchev–Trinajstić information content (AvgIpc) is 3.29. The van der Waals surface area contributed by atoms with Gasteiger partial charge in [-0.3, -0.25) is 4.79 Å². The molecule has 2 heterocycles. The second-order valence-electron chi connectivity index (χ2n) is 8.49. The van der Waals surface area contributed by atoms with Crippen LogP contribution in [0.4, 0.5) is 10.1 Å². The Balaban J connectivity index is 1.36. The Morgan fingerprint density at radius 1 is 1.00 bits per heavy atom. The van der Waals surface area contributed by atoms with Gasteiger partial charge in [-0.1, -0.05) is 42.1 Å². The van der Waals surface area contributed by atoms with Crippen LogP contribution in [0.5, 0.6) is 5.75 Å². The number of hydrogen-bond acceptors (Lipinski definition) is 6. The van der Waals surface area contributed by atoms with Gasteiger partial charge in [-0.15, -0.1) is 10.2 Å². The summed E-state index contributed by atoms with van der Waals surface area (Å²) in [6.07, 6.45) is -0.497. The predicted octanol–water partition coefficient (Wildman–Crippen LogP) is 4.58. The Labute approximate surface area is 203 Å². The average molecular weight is 484 g/mol. The quantitative estimate of drug-likeness (QED) is 0.437. The third-order valence-corrected chi connectivity index (χ3v) is 6.72. The van der Waals surface area contributed by atoms with Crippen LogP contribution in [0.15, 0.2) is 59.8 Å². The smallest absolute Gasteiger partial charge is 0.233 e. The number of rotatable bonds is 8. The molecule has 9 heteroatoms.